The fraction of sp³-hybridized carbons (Fsp3) is 0.286. The minimum atomic E-state index is -0.0843. The van der Waals surface area contributed by atoms with Gasteiger partial charge in [-0.2, -0.15) is 0 Å². The summed E-state index contributed by atoms with van der Waals surface area (Å²) in [5.41, 5.74) is 0.611. The predicted octanol–water partition coefficient (Wildman–Crippen LogP) is 2.47. The normalized spacial score (nSPS) is 10.3. The summed E-state index contributed by atoms with van der Waals surface area (Å²) >= 11 is 3.37. The van der Waals surface area contributed by atoms with E-state index in [0.717, 1.165) is 17.4 Å². The molecule has 6 heteroatoms. The van der Waals surface area contributed by atoms with E-state index in [-0.39, 0.29) is 5.91 Å². The summed E-state index contributed by atoms with van der Waals surface area (Å²) < 4.78 is 7.88. The van der Waals surface area contributed by atoms with Gasteiger partial charge in [0, 0.05) is 31.0 Å². The van der Waals surface area contributed by atoms with Crippen molar-refractivity contribution in [2.45, 2.75) is 13.0 Å². The third kappa shape index (κ3) is 3.84. The zero-order chi connectivity index (χ0) is 14.4. The highest BCUT2D eigenvalue weighted by molar-refractivity contribution is 9.10. The Hall–Kier alpha value is -1.82. The standard InChI is InChI=1S/C14H16BrN3O2/c1-20-13-4-3-11(9-12(13)15)14(19)17-5-2-7-18-8-6-16-10-18/h3-4,6,8-10H,2,5,7H2,1H3,(H,17,19). The highest BCUT2D eigenvalue weighted by Gasteiger charge is 2.08. The van der Waals surface area contributed by atoms with Crippen LogP contribution in [-0.4, -0.2) is 29.1 Å². The molecule has 5 nitrogen and oxygen atoms in total. The smallest absolute Gasteiger partial charge is 0.251 e. The van der Waals surface area contributed by atoms with Crippen LogP contribution >= 0.6 is 15.9 Å². The lowest BCUT2D eigenvalue weighted by atomic mass is 10.2. The van der Waals surface area contributed by atoms with Crippen molar-refractivity contribution in [2.24, 2.45) is 0 Å². The topological polar surface area (TPSA) is 56.1 Å². The number of ether oxygens (including phenoxy) is 1. The summed E-state index contributed by atoms with van der Waals surface area (Å²) in [7, 11) is 1.59. The number of hydrogen-bond donors (Lipinski definition) is 1. The molecule has 0 radical (unpaired) electrons. The molecule has 1 N–H and O–H groups in total. The molecule has 0 fully saturated rings. The van der Waals surface area contributed by atoms with E-state index in [4.69, 9.17) is 4.74 Å². The number of benzene rings is 1. The summed E-state index contributed by atoms with van der Waals surface area (Å²) in [6.45, 7) is 1.47. The molecule has 1 aromatic carbocycles. The predicted molar refractivity (Wildman–Crippen MR) is 79.9 cm³/mol. The van der Waals surface area contributed by atoms with E-state index in [0.29, 0.717) is 17.9 Å². The van der Waals surface area contributed by atoms with Gasteiger partial charge in [0.15, 0.2) is 0 Å². The van der Waals surface area contributed by atoms with Crippen molar-refractivity contribution in [3.63, 3.8) is 0 Å². The first-order valence-electron chi connectivity index (χ1n) is 6.28. The minimum Gasteiger partial charge on any atom is -0.496 e. The van der Waals surface area contributed by atoms with E-state index in [1.807, 2.05) is 10.8 Å². The van der Waals surface area contributed by atoms with Gasteiger partial charge in [0.05, 0.1) is 17.9 Å². The summed E-state index contributed by atoms with van der Waals surface area (Å²) in [5.74, 6) is 0.626. The number of hydrogen-bond acceptors (Lipinski definition) is 3. The van der Waals surface area contributed by atoms with Gasteiger partial charge >= 0.3 is 0 Å². The van der Waals surface area contributed by atoms with Crippen molar-refractivity contribution in [2.75, 3.05) is 13.7 Å². The monoisotopic (exact) mass is 337 g/mol. The zero-order valence-corrected chi connectivity index (χ0v) is 12.8. The molecule has 0 bridgehead atoms. The number of amides is 1. The maximum atomic E-state index is 12.0. The SMILES string of the molecule is COc1ccc(C(=O)NCCCn2ccnc2)cc1Br. The fourth-order valence-electron chi connectivity index (χ4n) is 1.79. The number of carbonyl (C=O) groups excluding carboxylic acids is 1. The van der Waals surface area contributed by atoms with Crippen LogP contribution in [-0.2, 0) is 6.54 Å². The van der Waals surface area contributed by atoms with Crippen LogP contribution in [0.5, 0.6) is 5.75 Å². The van der Waals surface area contributed by atoms with Crippen molar-refractivity contribution in [3.8, 4) is 5.75 Å². The van der Waals surface area contributed by atoms with E-state index in [2.05, 4.69) is 26.2 Å². The maximum absolute atomic E-state index is 12.0. The average Bonchev–Trinajstić information content (AvgIpc) is 2.96. The number of rotatable bonds is 6. The van der Waals surface area contributed by atoms with Gasteiger partial charge in [-0.3, -0.25) is 4.79 Å². The number of nitrogens with zero attached hydrogens (tertiary/aromatic N) is 2. The molecule has 106 valence electrons. The number of aryl methyl sites for hydroxylation is 1. The molecule has 0 atom stereocenters. The Morgan fingerprint density at radius 2 is 2.35 bits per heavy atom. The van der Waals surface area contributed by atoms with Crippen LogP contribution in [0, 0.1) is 0 Å². The van der Waals surface area contributed by atoms with E-state index >= 15 is 0 Å². The van der Waals surface area contributed by atoms with Gasteiger partial charge in [-0.05, 0) is 40.5 Å². The Morgan fingerprint density at radius 1 is 1.50 bits per heavy atom. The van der Waals surface area contributed by atoms with Crippen molar-refractivity contribution in [1.82, 2.24) is 14.9 Å². The van der Waals surface area contributed by atoms with Crippen molar-refractivity contribution < 1.29 is 9.53 Å². The first-order valence-corrected chi connectivity index (χ1v) is 7.07. The van der Waals surface area contributed by atoms with Crippen LogP contribution in [0.4, 0.5) is 0 Å². The number of methoxy groups -OCH3 is 1. The number of nitrogens with one attached hydrogen (secondary N) is 1. The molecule has 1 aromatic heterocycles. The summed E-state index contributed by atoms with van der Waals surface area (Å²) in [5, 5.41) is 2.89. The molecular formula is C14H16BrN3O2. The van der Waals surface area contributed by atoms with Gasteiger partial charge in [-0.1, -0.05) is 0 Å². The van der Waals surface area contributed by atoms with Crippen LogP contribution < -0.4 is 10.1 Å². The molecule has 0 aliphatic heterocycles. The molecule has 0 aliphatic carbocycles. The molecule has 1 heterocycles. The molecule has 2 aromatic rings. The molecule has 0 saturated carbocycles. The number of carbonyl (C=O) groups is 1. The van der Waals surface area contributed by atoms with Gasteiger partial charge < -0.3 is 14.6 Å². The average molecular weight is 338 g/mol. The Labute approximate surface area is 126 Å². The summed E-state index contributed by atoms with van der Waals surface area (Å²) in [6.07, 6.45) is 6.28. The second kappa shape index (κ2) is 7.09. The lowest BCUT2D eigenvalue weighted by Crippen LogP contribution is -2.25. The van der Waals surface area contributed by atoms with Gasteiger partial charge in [0.25, 0.3) is 5.91 Å². The van der Waals surface area contributed by atoms with Crippen LogP contribution in [0.1, 0.15) is 16.8 Å². The quantitative estimate of drug-likeness (QED) is 0.824. The zero-order valence-electron chi connectivity index (χ0n) is 11.2. The molecule has 0 spiro atoms. The largest absolute Gasteiger partial charge is 0.496 e. The van der Waals surface area contributed by atoms with Gasteiger partial charge in [-0.25, -0.2) is 4.98 Å². The second-order valence-corrected chi connectivity index (χ2v) is 5.11. The van der Waals surface area contributed by atoms with E-state index in [9.17, 15) is 4.79 Å². The number of halogens is 1. The fourth-order valence-corrected chi connectivity index (χ4v) is 2.33. The third-order valence-corrected chi connectivity index (χ3v) is 3.47. The summed E-state index contributed by atoms with van der Waals surface area (Å²) in [6, 6.07) is 5.27. The van der Waals surface area contributed by atoms with E-state index < -0.39 is 0 Å². The Bertz CT molecular complexity index is 570. The first-order chi connectivity index (χ1) is 9.70. The third-order valence-electron chi connectivity index (χ3n) is 2.85. The molecule has 0 saturated heterocycles. The molecule has 1 amide bonds. The number of aromatic nitrogens is 2. The Kier molecular flexibility index (Phi) is 5.17. The molecule has 2 rings (SSSR count). The number of imidazole rings is 1. The van der Waals surface area contributed by atoms with Crippen LogP contribution in [0.2, 0.25) is 0 Å². The van der Waals surface area contributed by atoms with Gasteiger partial charge in [0.1, 0.15) is 5.75 Å². The molecule has 0 aliphatic rings. The summed E-state index contributed by atoms with van der Waals surface area (Å²) in [4.78, 5) is 15.9. The van der Waals surface area contributed by atoms with Crippen molar-refractivity contribution in [3.05, 3.63) is 47.0 Å². The van der Waals surface area contributed by atoms with Crippen molar-refractivity contribution >= 4 is 21.8 Å². The first kappa shape index (κ1) is 14.6. The highest BCUT2D eigenvalue weighted by atomic mass is 79.9. The maximum Gasteiger partial charge on any atom is 0.251 e. The lowest BCUT2D eigenvalue weighted by molar-refractivity contribution is 0.0952. The van der Waals surface area contributed by atoms with Gasteiger partial charge in [-0.15, -0.1) is 0 Å². The Balaban J connectivity index is 1.81. The molecule has 0 unspecified atom stereocenters. The lowest BCUT2D eigenvalue weighted by Gasteiger charge is -2.08. The molecule has 20 heavy (non-hydrogen) atoms. The van der Waals surface area contributed by atoms with Crippen molar-refractivity contribution in [1.29, 1.82) is 0 Å². The highest BCUT2D eigenvalue weighted by Crippen LogP contribution is 2.25. The Morgan fingerprint density at radius 3 is 3.00 bits per heavy atom. The second-order valence-electron chi connectivity index (χ2n) is 4.26. The van der Waals surface area contributed by atoms with Crippen LogP contribution in [0.25, 0.3) is 0 Å². The van der Waals surface area contributed by atoms with E-state index in [1.165, 1.54) is 0 Å². The molecular weight excluding hydrogens is 322 g/mol. The van der Waals surface area contributed by atoms with Gasteiger partial charge in [0.2, 0.25) is 0 Å². The van der Waals surface area contributed by atoms with E-state index in [1.54, 1.807) is 37.8 Å². The minimum absolute atomic E-state index is 0.0843. The van der Waals surface area contributed by atoms with Crippen LogP contribution in [0.3, 0.4) is 0 Å². The van der Waals surface area contributed by atoms with Crippen LogP contribution in [0.15, 0.2) is 41.4 Å².